The first-order chi connectivity index (χ1) is 15.8. The summed E-state index contributed by atoms with van der Waals surface area (Å²) < 4.78 is 51.5. The summed E-state index contributed by atoms with van der Waals surface area (Å²) in [7, 11) is 0. The van der Waals surface area contributed by atoms with E-state index in [1.54, 1.807) is 12.3 Å². The second-order valence-corrected chi connectivity index (χ2v) is 7.96. The highest BCUT2D eigenvalue weighted by atomic mass is 19.4. The summed E-state index contributed by atoms with van der Waals surface area (Å²) >= 11 is 0. The largest absolute Gasteiger partial charge is 0.417 e. The number of anilines is 1. The fraction of sp³-hybridized carbons (Fsp3) is 0.400. The van der Waals surface area contributed by atoms with Gasteiger partial charge in [-0.05, 0) is 79.5 Å². The Morgan fingerprint density at radius 2 is 1.76 bits per heavy atom. The Labute approximate surface area is 190 Å². The molecule has 1 aliphatic rings. The van der Waals surface area contributed by atoms with Gasteiger partial charge in [-0.25, -0.2) is 9.37 Å². The fourth-order valence-corrected chi connectivity index (χ4v) is 4.26. The number of pyridine rings is 2. The Kier molecular flexibility index (Phi) is 8.00. The lowest BCUT2D eigenvalue weighted by Crippen LogP contribution is -2.21. The number of carbonyl (C=O) groups excluding carboxylic acids is 1. The predicted octanol–water partition coefficient (Wildman–Crippen LogP) is 7.12. The maximum atomic E-state index is 13.7. The van der Waals surface area contributed by atoms with Gasteiger partial charge in [0.25, 0.3) is 0 Å². The van der Waals surface area contributed by atoms with E-state index in [-0.39, 0.29) is 29.4 Å². The summed E-state index contributed by atoms with van der Waals surface area (Å²) in [4.78, 5) is 20.3. The quantitative estimate of drug-likeness (QED) is 0.421. The SMILES string of the molecule is CC.O=C(CC1CCC(c2ccnc3ccc(F)cc23)CC1)Nc1ccc(C(F)(F)F)cn1. The van der Waals surface area contributed by atoms with Crippen molar-refractivity contribution < 1.29 is 22.4 Å². The van der Waals surface area contributed by atoms with Gasteiger partial charge < -0.3 is 5.32 Å². The molecule has 3 aromatic rings. The summed E-state index contributed by atoms with van der Waals surface area (Å²) in [5.41, 5.74) is 0.998. The third kappa shape index (κ3) is 6.27. The second-order valence-electron chi connectivity index (χ2n) is 7.96. The van der Waals surface area contributed by atoms with Crippen LogP contribution in [0.15, 0.2) is 48.8 Å². The molecule has 0 aliphatic heterocycles. The molecular formula is C25H27F4N3O. The van der Waals surface area contributed by atoms with Crippen molar-refractivity contribution in [2.24, 2.45) is 5.92 Å². The van der Waals surface area contributed by atoms with Crippen LogP contribution in [0.5, 0.6) is 0 Å². The van der Waals surface area contributed by atoms with Crippen LogP contribution in [0.4, 0.5) is 23.4 Å². The number of alkyl halides is 3. The number of nitrogens with one attached hydrogen (secondary N) is 1. The molecule has 1 amide bonds. The van der Waals surface area contributed by atoms with E-state index in [1.807, 2.05) is 19.9 Å². The van der Waals surface area contributed by atoms with Gasteiger partial charge >= 0.3 is 6.18 Å². The van der Waals surface area contributed by atoms with E-state index in [9.17, 15) is 22.4 Å². The van der Waals surface area contributed by atoms with Gasteiger partial charge in [-0.3, -0.25) is 9.78 Å². The van der Waals surface area contributed by atoms with Crippen LogP contribution in [0.2, 0.25) is 0 Å². The normalized spacial score (nSPS) is 18.4. The molecule has 0 atom stereocenters. The Balaban J connectivity index is 0.00000149. The van der Waals surface area contributed by atoms with Crippen molar-refractivity contribution in [1.29, 1.82) is 0 Å². The molecule has 0 saturated heterocycles. The molecule has 2 heterocycles. The van der Waals surface area contributed by atoms with E-state index in [4.69, 9.17) is 0 Å². The molecule has 33 heavy (non-hydrogen) atoms. The fourth-order valence-electron chi connectivity index (χ4n) is 4.26. The van der Waals surface area contributed by atoms with E-state index in [0.717, 1.165) is 54.3 Å². The van der Waals surface area contributed by atoms with Crippen LogP contribution in [-0.2, 0) is 11.0 Å². The number of rotatable bonds is 4. The van der Waals surface area contributed by atoms with E-state index >= 15 is 0 Å². The number of carbonyl (C=O) groups is 1. The molecule has 2 aromatic heterocycles. The van der Waals surface area contributed by atoms with E-state index in [0.29, 0.717) is 12.6 Å². The van der Waals surface area contributed by atoms with Gasteiger partial charge in [0, 0.05) is 24.2 Å². The lowest BCUT2D eigenvalue weighted by molar-refractivity contribution is -0.137. The summed E-state index contributed by atoms with van der Waals surface area (Å²) in [6, 6.07) is 8.60. The zero-order valence-corrected chi connectivity index (χ0v) is 18.6. The van der Waals surface area contributed by atoms with Crippen molar-refractivity contribution >= 4 is 22.6 Å². The van der Waals surface area contributed by atoms with Gasteiger partial charge in [0.2, 0.25) is 5.91 Å². The van der Waals surface area contributed by atoms with Gasteiger partial charge in [-0.1, -0.05) is 13.8 Å². The Hall–Kier alpha value is -3.03. The summed E-state index contributed by atoms with van der Waals surface area (Å²) in [6.45, 7) is 4.00. The van der Waals surface area contributed by atoms with Crippen molar-refractivity contribution in [3.05, 3.63) is 65.7 Å². The van der Waals surface area contributed by atoms with Gasteiger partial charge in [-0.15, -0.1) is 0 Å². The monoisotopic (exact) mass is 461 g/mol. The number of fused-ring (bicyclic) bond motifs is 1. The first-order valence-corrected chi connectivity index (χ1v) is 11.2. The number of hydrogen-bond acceptors (Lipinski definition) is 3. The average Bonchev–Trinajstić information content (AvgIpc) is 2.80. The molecular weight excluding hydrogens is 434 g/mol. The van der Waals surface area contributed by atoms with E-state index in [1.165, 1.54) is 12.1 Å². The molecule has 176 valence electrons. The van der Waals surface area contributed by atoms with Crippen LogP contribution in [0, 0.1) is 11.7 Å². The molecule has 1 aliphatic carbocycles. The van der Waals surface area contributed by atoms with Crippen molar-refractivity contribution in [3.8, 4) is 0 Å². The predicted molar refractivity (Wildman–Crippen MR) is 120 cm³/mol. The highest BCUT2D eigenvalue weighted by Gasteiger charge is 2.31. The number of aromatic nitrogens is 2. The minimum atomic E-state index is -4.46. The molecule has 8 heteroatoms. The van der Waals surface area contributed by atoms with E-state index < -0.39 is 11.7 Å². The molecule has 4 nitrogen and oxygen atoms in total. The van der Waals surface area contributed by atoms with Crippen molar-refractivity contribution in [3.63, 3.8) is 0 Å². The minimum absolute atomic E-state index is 0.108. The summed E-state index contributed by atoms with van der Waals surface area (Å²) in [5.74, 6) is 0.0341. The highest BCUT2D eigenvalue weighted by Crippen LogP contribution is 2.39. The molecule has 1 N–H and O–H groups in total. The Bertz CT molecular complexity index is 1080. The van der Waals surface area contributed by atoms with Crippen LogP contribution < -0.4 is 5.32 Å². The van der Waals surface area contributed by atoms with Crippen LogP contribution in [-0.4, -0.2) is 15.9 Å². The maximum absolute atomic E-state index is 13.7. The van der Waals surface area contributed by atoms with E-state index in [2.05, 4.69) is 15.3 Å². The van der Waals surface area contributed by atoms with Crippen LogP contribution in [0.1, 0.15) is 63.0 Å². The number of hydrogen-bond donors (Lipinski definition) is 1. The minimum Gasteiger partial charge on any atom is -0.311 e. The molecule has 0 radical (unpaired) electrons. The van der Waals surface area contributed by atoms with Gasteiger partial charge in [0.05, 0.1) is 11.1 Å². The van der Waals surface area contributed by atoms with Crippen LogP contribution in [0.3, 0.4) is 0 Å². The number of halogens is 4. The molecule has 0 bridgehead atoms. The van der Waals surface area contributed by atoms with Gasteiger partial charge in [0.15, 0.2) is 0 Å². The molecule has 0 spiro atoms. The number of amides is 1. The zero-order chi connectivity index (χ0) is 24.0. The smallest absolute Gasteiger partial charge is 0.311 e. The topological polar surface area (TPSA) is 54.9 Å². The van der Waals surface area contributed by atoms with Crippen molar-refractivity contribution in [1.82, 2.24) is 9.97 Å². The standard InChI is InChI=1S/C23H21F4N3O.C2H6/c24-17-6-7-20-19(12-17)18(9-10-28-20)15-3-1-14(2-4-15)11-22(31)30-21-8-5-16(13-29-21)23(25,26)27;1-2/h5-10,12-15H,1-4,11H2,(H,29,30,31);1-2H3. The second kappa shape index (κ2) is 10.7. The molecule has 1 fully saturated rings. The molecule has 1 saturated carbocycles. The third-order valence-electron chi connectivity index (χ3n) is 5.86. The Morgan fingerprint density at radius 1 is 1.03 bits per heavy atom. The highest BCUT2D eigenvalue weighted by molar-refractivity contribution is 5.89. The molecule has 4 rings (SSSR count). The van der Waals surface area contributed by atoms with Gasteiger partial charge in [0.1, 0.15) is 11.6 Å². The third-order valence-corrected chi connectivity index (χ3v) is 5.86. The van der Waals surface area contributed by atoms with Gasteiger partial charge in [-0.2, -0.15) is 13.2 Å². The lowest BCUT2D eigenvalue weighted by atomic mass is 9.77. The lowest BCUT2D eigenvalue weighted by Gasteiger charge is -2.29. The number of benzene rings is 1. The zero-order valence-electron chi connectivity index (χ0n) is 18.6. The Morgan fingerprint density at radius 3 is 2.39 bits per heavy atom. The average molecular weight is 462 g/mol. The molecule has 1 aromatic carbocycles. The van der Waals surface area contributed by atoms with Crippen LogP contribution >= 0.6 is 0 Å². The number of nitrogens with zero attached hydrogens (tertiary/aromatic N) is 2. The maximum Gasteiger partial charge on any atom is 0.417 e. The molecule has 0 unspecified atom stereocenters. The summed E-state index contributed by atoms with van der Waals surface area (Å²) in [6.07, 6.45) is 1.74. The first-order valence-electron chi connectivity index (χ1n) is 11.2. The van der Waals surface area contributed by atoms with Crippen molar-refractivity contribution in [2.45, 2.75) is 58.0 Å². The van der Waals surface area contributed by atoms with Crippen molar-refractivity contribution in [2.75, 3.05) is 5.32 Å². The van der Waals surface area contributed by atoms with Crippen LogP contribution in [0.25, 0.3) is 10.9 Å². The summed E-state index contributed by atoms with van der Waals surface area (Å²) in [5, 5.41) is 3.40. The first kappa shape index (κ1) is 24.6.